The van der Waals surface area contributed by atoms with Crippen LogP contribution in [-0.2, 0) is 6.54 Å². The van der Waals surface area contributed by atoms with E-state index in [2.05, 4.69) is 5.32 Å². The highest BCUT2D eigenvalue weighted by atomic mass is 16.3. The van der Waals surface area contributed by atoms with Crippen LogP contribution in [0, 0.1) is 5.92 Å². The van der Waals surface area contributed by atoms with Crippen molar-refractivity contribution in [3.8, 4) is 11.5 Å². The minimum atomic E-state index is -0.114. The van der Waals surface area contributed by atoms with E-state index in [-0.39, 0.29) is 17.6 Å². The number of para-hydroxylation sites is 1. The lowest BCUT2D eigenvalue weighted by atomic mass is 9.87. The molecule has 0 heterocycles. The number of hydrogen-bond donors (Lipinski definition) is 4. The van der Waals surface area contributed by atoms with Crippen LogP contribution < -0.4 is 5.32 Å². The smallest absolute Gasteiger partial charge is 0.161 e. The summed E-state index contributed by atoms with van der Waals surface area (Å²) in [6.07, 6.45) is 3.78. The van der Waals surface area contributed by atoms with E-state index in [0.717, 1.165) is 32.2 Å². The molecule has 1 saturated carbocycles. The first-order chi connectivity index (χ1) is 8.66. The molecule has 0 saturated heterocycles. The third-order valence-corrected chi connectivity index (χ3v) is 3.66. The number of aromatic hydroxyl groups is 2. The standard InChI is InChI=1S/C14H21NO3/c16-12-6-4-10(5-7-12)8-15-9-11-2-1-3-13(17)14(11)18/h1-3,10,12,15-18H,4-9H2. The third kappa shape index (κ3) is 3.37. The zero-order valence-electron chi connectivity index (χ0n) is 10.5. The quantitative estimate of drug-likeness (QED) is 0.615. The van der Waals surface area contributed by atoms with Crippen LogP contribution in [0.15, 0.2) is 18.2 Å². The van der Waals surface area contributed by atoms with Crippen molar-refractivity contribution >= 4 is 0 Å². The Hall–Kier alpha value is -1.26. The van der Waals surface area contributed by atoms with Crippen molar-refractivity contribution in [1.29, 1.82) is 0 Å². The van der Waals surface area contributed by atoms with Gasteiger partial charge in [0.2, 0.25) is 0 Å². The molecule has 1 aliphatic carbocycles. The SMILES string of the molecule is Oc1cccc(CNCC2CCC(O)CC2)c1O. The molecule has 1 fully saturated rings. The fourth-order valence-electron chi connectivity index (χ4n) is 2.48. The molecule has 0 amide bonds. The average Bonchev–Trinajstić information content (AvgIpc) is 2.37. The Morgan fingerprint density at radius 2 is 1.83 bits per heavy atom. The van der Waals surface area contributed by atoms with Crippen molar-refractivity contribution in [3.63, 3.8) is 0 Å². The molecule has 0 unspecified atom stereocenters. The molecular formula is C14H21NO3. The molecule has 100 valence electrons. The highest BCUT2D eigenvalue weighted by molar-refractivity contribution is 5.44. The molecule has 0 bridgehead atoms. The first-order valence-electron chi connectivity index (χ1n) is 6.55. The Balaban J connectivity index is 1.77. The number of hydrogen-bond acceptors (Lipinski definition) is 4. The predicted octanol–water partition coefficient (Wildman–Crippen LogP) is 1.74. The molecule has 0 atom stereocenters. The monoisotopic (exact) mass is 251 g/mol. The van der Waals surface area contributed by atoms with Gasteiger partial charge in [-0.3, -0.25) is 0 Å². The first kappa shape index (κ1) is 13.2. The number of rotatable bonds is 4. The van der Waals surface area contributed by atoms with Gasteiger partial charge in [0.15, 0.2) is 11.5 Å². The van der Waals surface area contributed by atoms with E-state index in [1.165, 1.54) is 6.07 Å². The van der Waals surface area contributed by atoms with Gasteiger partial charge in [-0.05, 0) is 44.2 Å². The average molecular weight is 251 g/mol. The number of phenols is 2. The van der Waals surface area contributed by atoms with Crippen LogP contribution in [0.3, 0.4) is 0 Å². The second-order valence-electron chi connectivity index (χ2n) is 5.09. The molecule has 0 radical (unpaired) electrons. The molecule has 1 aliphatic rings. The minimum absolute atomic E-state index is 0.0379. The van der Waals surface area contributed by atoms with Gasteiger partial charge in [-0.15, -0.1) is 0 Å². The van der Waals surface area contributed by atoms with Crippen molar-refractivity contribution in [3.05, 3.63) is 23.8 Å². The summed E-state index contributed by atoms with van der Waals surface area (Å²) in [5.41, 5.74) is 0.714. The minimum Gasteiger partial charge on any atom is -0.504 e. The molecule has 2 rings (SSSR count). The molecule has 1 aromatic carbocycles. The number of phenolic OH excluding ortho intramolecular Hbond substituents is 2. The van der Waals surface area contributed by atoms with Crippen LogP contribution in [0.5, 0.6) is 11.5 Å². The molecule has 4 nitrogen and oxygen atoms in total. The van der Waals surface area contributed by atoms with Crippen LogP contribution in [0.4, 0.5) is 0 Å². The largest absolute Gasteiger partial charge is 0.504 e. The summed E-state index contributed by atoms with van der Waals surface area (Å²) in [6, 6.07) is 5.00. The van der Waals surface area contributed by atoms with Crippen LogP contribution in [0.2, 0.25) is 0 Å². The van der Waals surface area contributed by atoms with Crippen molar-refractivity contribution in [2.45, 2.75) is 38.3 Å². The van der Waals surface area contributed by atoms with E-state index in [0.29, 0.717) is 18.0 Å². The lowest BCUT2D eigenvalue weighted by Crippen LogP contribution is -2.27. The van der Waals surface area contributed by atoms with Crippen LogP contribution >= 0.6 is 0 Å². The van der Waals surface area contributed by atoms with Gasteiger partial charge in [0, 0.05) is 12.1 Å². The van der Waals surface area contributed by atoms with Crippen molar-refractivity contribution in [1.82, 2.24) is 5.32 Å². The molecule has 0 aliphatic heterocycles. The van der Waals surface area contributed by atoms with E-state index in [9.17, 15) is 15.3 Å². The maximum atomic E-state index is 9.65. The summed E-state index contributed by atoms with van der Waals surface area (Å²) in [5, 5.41) is 31.7. The van der Waals surface area contributed by atoms with E-state index >= 15 is 0 Å². The Morgan fingerprint density at radius 3 is 2.56 bits per heavy atom. The Labute approximate surface area is 107 Å². The molecule has 0 spiro atoms. The fourth-order valence-corrected chi connectivity index (χ4v) is 2.48. The molecule has 4 N–H and O–H groups in total. The van der Waals surface area contributed by atoms with Crippen LogP contribution in [0.1, 0.15) is 31.2 Å². The first-order valence-corrected chi connectivity index (χ1v) is 6.55. The zero-order chi connectivity index (χ0) is 13.0. The summed E-state index contributed by atoms with van der Waals surface area (Å²) in [4.78, 5) is 0. The Bertz CT molecular complexity index is 387. The maximum Gasteiger partial charge on any atom is 0.161 e. The van der Waals surface area contributed by atoms with Gasteiger partial charge < -0.3 is 20.6 Å². The number of benzene rings is 1. The van der Waals surface area contributed by atoms with E-state index in [1.807, 2.05) is 0 Å². The summed E-state index contributed by atoms with van der Waals surface area (Å²) < 4.78 is 0. The van der Waals surface area contributed by atoms with Gasteiger partial charge in [-0.25, -0.2) is 0 Å². The third-order valence-electron chi connectivity index (χ3n) is 3.66. The summed E-state index contributed by atoms with van der Waals surface area (Å²) >= 11 is 0. The van der Waals surface area contributed by atoms with Crippen molar-refractivity contribution < 1.29 is 15.3 Å². The second kappa shape index (κ2) is 6.07. The fraction of sp³-hybridized carbons (Fsp3) is 0.571. The summed E-state index contributed by atoms with van der Waals surface area (Å²) in [7, 11) is 0. The van der Waals surface area contributed by atoms with Crippen molar-refractivity contribution in [2.24, 2.45) is 5.92 Å². The topological polar surface area (TPSA) is 72.7 Å². The van der Waals surface area contributed by atoms with Gasteiger partial charge in [-0.2, -0.15) is 0 Å². The highest BCUT2D eigenvalue weighted by Gasteiger charge is 2.18. The van der Waals surface area contributed by atoms with Gasteiger partial charge in [0.05, 0.1) is 6.10 Å². The number of nitrogens with one attached hydrogen (secondary N) is 1. The van der Waals surface area contributed by atoms with Gasteiger partial charge in [-0.1, -0.05) is 12.1 Å². The van der Waals surface area contributed by atoms with Gasteiger partial charge >= 0.3 is 0 Å². The predicted molar refractivity (Wildman–Crippen MR) is 69.4 cm³/mol. The lowest BCUT2D eigenvalue weighted by molar-refractivity contribution is 0.108. The molecule has 1 aromatic rings. The number of aliphatic hydroxyl groups excluding tert-OH is 1. The summed E-state index contributed by atoms with van der Waals surface area (Å²) in [5.74, 6) is 0.493. The molecule has 0 aromatic heterocycles. The van der Waals surface area contributed by atoms with E-state index in [1.54, 1.807) is 12.1 Å². The van der Waals surface area contributed by atoms with Crippen molar-refractivity contribution in [2.75, 3.05) is 6.54 Å². The van der Waals surface area contributed by atoms with Crippen LogP contribution in [-0.4, -0.2) is 28.0 Å². The van der Waals surface area contributed by atoms with Gasteiger partial charge in [0.1, 0.15) is 0 Å². The summed E-state index contributed by atoms with van der Waals surface area (Å²) in [6.45, 7) is 1.45. The molecular weight excluding hydrogens is 230 g/mol. The maximum absolute atomic E-state index is 9.65. The normalized spacial score (nSPS) is 24.1. The second-order valence-corrected chi connectivity index (χ2v) is 5.09. The van der Waals surface area contributed by atoms with Crippen LogP contribution in [0.25, 0.3) is 0 Å². The number of aliphatic hydroxyl groups is 1. The van der Waals surface area contributed by atoms with Gasteiger partial charge in [0.25, 0.3) is 0 Å². The molecule has 4 heteroatoms. The van der Waals surface area contributed by atoms with E-state index in [4.69, 9.17) is 0 Å². The Kier molecular flexibility index (Phi) is 4.44. The Morgan fingerprint density at radius 1 is 1.11 bits per heavy atom. The molecule has 18 heavy (non-hydrogen) atoms. The lowest BCUT2D eigenvalue weighted by Gasteiger charge is -2.25. The zero-order valence-corrected chi connectivity index (χ0v) is 10.5. The van der Waals surface area contributed by atoms with E-state index < -0.39 is 0 Å². The highest BCUT2D eigenvalue weighted by Crippen LogP contribution is 2.28.